The van der Waals surface area contributed by atoms with Gasteiger partial charge in [0.05, 0.1) is 21.4 Å². The van der Waals surface area contributed by atoms with Gasteiger partial charge in [0.2, 0.25) is 5.91 Å². The van der Waals surface area contributed by atoms with Gasteiger partial charge in [0.25, 0.3) is 0 Å². The van der Waals surface area contributed by atoms with Gasteiger partial charge in [-0.1, -0.05) is 23.2 Å². The Kier molecular flexibility index (Phi) is 7.56. The number of anilines is 2. The lowest BCUT2D eigenvalue weighted by Crippen LogP contribution is -2.29. The third-order valence-electron chi connectivity index (χ3n) is 3.50. The van der Waals surface area contributed by atoms with Gasteiger partial charge in [-0.3, -0.25) is 9.79 Å². The van der Waals surface area contributed by atoms with E-state index >= 15 is 0 Å². The Morgan fingerprint density at radius 1 is 1.26 bits per heavy atom. The van der Waals surface area contributed by atoms with Crippen molar-refractivity contribution in [1.82, 2.24) is 0 Å². The van der Waals surface area contributed by atoms with E-state index in [9.17, 15) is 9.90 Å². The molecular weight excluding hydrogens is 405 g/mol. The predicted octanol–water partition coefficient (Wildman–Crippen LogP) is 5.24. The minimum atomic E-state index is -1.13. The van der Waals surface area contributed by atoms with E-state index in [-0.39, 0.29) is 5.91 Å². The quantitative estimate of drug-likeness (QED) is 0.418. The summed E-state index contributed by atoms with van der Waals surface area (Å²) in [4.78, 5) is 16.4. The van der Waals surface area contributed by atoms with Crippen molar-refractivity contribution in [3.05, 3.63) is 46.4 Å². The summed E-state index contributed by atoms with van der Waals surface area (Å²) in [6.45, 7) is 3.15. The van der Waals surface area contributed by atoms with Crippen LogP contribution in [0, 0.1) is 0 Å². The van der Waals surface area contributed by atoms with Crippen LogP contribution in [0.15, 0.2) is 46.3 Å². The highest BCUT2D eigenvalue weighted by molar-refractivity contribution is 7.99. The van der Waals surface area contributed by atoms with Crippen LogP contribution in [0.2, 0.25) is 10.0 Å². The Bertz CT molecular complexity index is 840. The van der Waals surface area contributed by atoms with Gasteiger partial charge in [0, 0.05) is 36.5 Å². The standard InChI is InChI=1S/C19H21Cl2N3O2S/c1-12(25)24-13-4-6-14(7-5-13)27-11-19(2,26)10-23-18-9-16(21)15(20)8-17(18)22-3/h4-10,22,26H,11H2,1-3H3,(H,24,25). The number of carbonyl (C=O) groups is 1. The van der Waals surface area contributed by atoms with Crippen molar-refractivity contribution in [1.29, 1.82) is 0 Å². The van der Waals surface area contributed by atoms with E-state index in [1.54, 1.807) is 26.1 Å². The second-order valence-electron chi connectivity index (χ2n) is 6.14. The summed E-state index contributed by atoms with van der Waals surface area (Å²) >= 11 is 13.6. The smallest absolute Gasteiger partial charge is 0.221 e. The summed E-state index contributed by atoms with van der Waals surface area (Å²) in [6.07, 6.45) is 1.49. The number of aliphatic hydroxyl groups is 1. The molecule has 2 aromatic rings. The van der Waals surface area contributed by atoms with Gasteiger partial charge in [-0.2, -0.15) is 0 Å². The molecule has 0 aliphatic carbocycles. The zero-order valence-electron chi connectivity index (χ0n) is 15.2. The topological polar surface area (TPSA) is 73.7 Å². The van der Waals surface area contributed by atoms with Crippen LogP contribution >= 0.6 is 35.0 Å². The van der Waals surface area contributed by atoms with E-state index < -0.39 is 5.60 Å². The maximum absolute atomic E-state index is 11.0. The molecule has 0 saturated carbocycles. The molecule has 2 rings (SSSR count). The Hall–Kier alpha value is -1.73. The van der Waals surface area contributed by atoms with Crippen molar-refractivity contribution in [2.45, 2.75) is 24.3 Å². The summed E-state index contributed by atoms with van der Waals surface area (Å²) in [7, 11) is 1.76. The van der Waals surface area contributed by atoms with Gasteiger partial charge in [0.15, 0.2) is 0 Å². The molecule has 1 unspecified atom stereocenters. The van der Waals surface area contributed by atoms with Crippen LogP contribution in [0.4, 0.5) is 17.1 Å². The average molecular weight is 426 g/mol. The van der Waals surface area contributed by atoms with Gasteiger partial charge in [0.1, 0.15) is 5.60 Å². The van der Waals surface area contributed by atoms with Crippen LogP contribution in [0.25, 0.3) is 0 Å². The van der Waals surface area contributed by atoms with Crippen LogP contribution in [-0.4, -0.2) is 35.6 Å². The van der Waals surface area contributed by atoms with Crippen molar-refractivity contribution >= 4 is 64.1 Å². The maximum Gasteiger partial charge on any atom is 0.221 e. The van der Waals surface area contributed by atoms with E-state index in [4.69, 9.17) is 23.2 Å². The number of aliphatic imine (C=N–C) groups is 1. The van der Waals surface area contributed by atoms with Gasteiger partial charge in [-0.05, 0) is 43.3 Å². The number of nitrogens with one attached hydrogen (secondary N) is 2. The van der Waals surface area contributed by atoms with E-state index in [0.717, 1.165) is 16.3 Å². The lowest BCUT2D eigenvalue weighted by Gasteiger charge is -2.18. The average Bonchev–Trinajstić information content (AvgIpc) is 2.61. The van der Waals surface area contributed by atoms with Gasteiger partial charge < -0.3 is 15.7 Å². The number of carbonyl (C=O) groups excluding carboxylic acids is 1. The van der Waals surface area contributed by atoms with E-state index in [1.807, 2.05) is 24.3 Å². The first kappa shape index (κ1) is 21.6. The Balaban J connectivity index is 2.03. The number of rotatable bonds is 7. The van der Waals surface area contributed by atoms with Crippen molar-refractivity contribution in [3.63, 3.8) is 0 Å². The SMILES string of the molecule is CNc1cc(Cl)c(Cl)cc1N=CC(C)(O)CSc1ccc(NC(C)=O)cc1. The van der Waals surface area contributed by atoms with E-state index in [0.29, 0.717) is 21.5 Å². The molecule has 3 N–H and O–H groups in total. The number of hydrogen-bond acceptors (Lipinski definition) is 5. The number of nitrogens with zero attached hydrogens (tertiary/aromatic N) is 1. The highest BCUT2D eigenvalue weighted by atomic mass is 35.5. The second kappa shape index (κ2) is 9.46. The fourth-order valence-electron chi connectivity index (χ4n) is 2.16. The first-order valence-electron chi connectivity index (χ1n) is 8.15. The number of benzene rings is 2. The molecule has 1 atom stereocenters. The molecule has 144 valence electrons. The van der Waals surface area contributed by atoms with Crippen molar-refractivity contribution in [2.75, 3.05) is 23.4 Å². The fraction of sp³-hybridized carbons (Fsp3) is 0.263. The van der Waals surface area contributed by atoms with E-state index in [2.05, 4.69) is 15.6 Å². The molecule has 0 aromatic heterocycles. The summed E-state index contributed by atoms with van der Waals surface area (Å²) in [5.74, 6) is 0.296. The van der Waals surface area contributed by atoms with Crippen LogP contribution in [0.1, 0.15) is 13.8 Å². The Labute approximate surface area is 173 Å². The zero-order valence-corrected chi connectivity index (χ0v) is 17.5. The number of thioether (sulfide) groups is 1. The highest BCUT2D eigenvalue weighted by Gasteiger charge is 2.18. The van der Waals surface area contributed by atoms with Gasteiger partial charge in [-0.25, -0.2) is 0 Å². The van der Waals surface area contributed by atoms with Crippen LogP contribution in [0.3, 0.4) is 0 Å². The third-order valence-corrected chi connectivity index (χ3v) is 5.55. The maximum atomic E-state index is 11.0. The molecule has 5 nitrogen and oxygen atoms in total. The predicted molar refractivity (Wildman–Crippen MR) is 116 cm³/mol. The minimum Gasteiger partial charge on any atom is -0.386 e. The van der Waals surface area contributed by atoms with Crippen LogP contribution < -0.4 is 10.6 Å². The molecule has 0 heterocycles. The normalized spacial score (nSPS) is 13.4. The molecular formula is C19H21Cl2N3O2S. The molecule has 2 aromatic carbocycles. The van der Waals surface area contributed by atoms with Crippen LogP contribution in [0.5, 0.6) is 0 Å². The third kappa shape index (κ3) is 6.74. The first-order chi connectivity index (χ1) is 12.7. The Morgan fingerprint density at radius 3 is 2.48 bits per heavy atom. The number of halogens is 2. The summed E-state index contributed by atoms with van der Waals surface area (Å²) in [5.41, 5.74) is 0.923. The molecule has 0 radical (unpaired) electrons. The molecule has 0 saturated heterocycles. The van der Waals surface area contributed by atoms with E-state index in [1.165, 1.54) is 24.9 Å². The number of amides is 1. The molecule has 27 heavy (non-hydrogen) atoms. The van der Waals surface area contributed by atoms with Crippen molar-refractivity contribution < 1.29 is 9.90 Å². The molecule has 0 spiro atoms. The monoisotopic (exact) mass is 425 g/mol. The second-order valence-corrected chi connectivity index (χ2v) is 8.01. The molecule has 8 heteroatoms. The minimum absolute atomic E-state index is 0.113. The summed E-state index contributed by atoms with van der Waals surface area (Å²) in [6, 6.07) is 10.8. The van der Waals surface area contributed by atoms with Gasteiger partial charge in [-0.15, -0.1) is 11.8 Å². The number of hydrogen-bond donors (Lipinski definition) is 3. The Morgan fingerprint density at radius 2 is 1.89 bits per heavy atom. The molecule has 0 bridgehead atoms. The van der Waals surface area contributed by atoms with Crippen molar-refractivity contribution in [2.24, 2.45) is 4.99 Å². The molecule has 0 aliphatic heterocycles. The largest absolute Gasteiger partial charge is 0.386 e. The summed E-state index contributed by atoms with van der Waals surface area (Å²) in [5, 5.41) is 17.1. The molecule has 0 aliphatic rings. The molecule has 0 fully saturated rings. The van der Waals surface area contributed by atoms with Gasteiger partial charge >= 0.3 is 0 Å². The van der Waals surface area contributed by atoms with Crippen LogP contribution in [-0.2, 0) is 4.79 Å². The molecule has 1 amide bonds. The fourth-order valence-corrected chi connectivity index (χ4v) is 3.34. The lowest BCUT2D eigenvalue weighted by molar-refractivity contribution is -0.114. The summed E-state index contributed by atoms with van der Waals surface area (Å²) < 4.78 is 0. The first-order valence-corrected chi connectivity index (χ1v) is 9.89. The zero-order chi connectivity index (χ0) is 20.0. The highest BCUT2D eigenvalue weighted by Crippen LogP contribution is 2.34. The lowest BCUT2D eigenvalue weighted by atomic mass is 10.1. The van der Waals surface area contributed by atoms with Crippen molar-refractivity contribution in [3.8, 4) is 0 Å².